The van der Waals surface area contributed by atoms with Crippen molar-refractivity contribution in [2.45, 2.75) is 64.8 Å². The molecular formula is C22H37NO10. The second kappa shape index (κ2) is 17.2. The van der Waals surface area contributed by atoms with Crippen molar-refractivity contribution in [1.29, 1.82) is 0 Å². The normalized spacial score (nSPS) is 13.7. The highest BCUT2D eigenvalue weighted by molar-refractivity contribution is 5.83. The fraction of sp³-hybridized carbons (Fsp3) is 0.636. The second-order valence-electron chi connectivity index (χ2n) is 7.71. The van der Waals surface area contributed by atoms with Crippen molar-refractivity contribution in [1.82, 2.24) is 5.32 Å². The van der Waals surface area contributed by atoms with Crippen molar-refractivity contribution in [3.05, 3.63) is 29.8 Å². The highest BCUT2D eigenvalue weighted by Gasteiger charge is 2.29. The van der Waals surface area contributed by atoms with Crippen molar-refractivity contribution in [2.24, 2.45) is 0 Å². The van der Waals surface area contributed by atoms with Crippen molar-refractivity contribution < 1.29 is 49.3 Å². The van der Waals surface area contributed by atoms with Crippen LogP contribution in [0, 0.1) is 0 Å². The first-order chi connectivity index (χ1) is 15.4. The molecule has 0 radical (unpaired) electrons. The third-order valence-corrected chi connectivity index (χ3v) is 3.88. The number of ether oxygens (including phenoxy) is 3. The minimum atomic E-state index is -2.27. The van der Waals surface area contributed by atoms with Gasteiger partial charge in [0.1, 0.15) is 18.5 Å². The number of aliphatic carboxylic acids is 2. The first kappa shape index (κ1) is 30.7. The first-order valence-corrected chi connectivity index (χ1v) is 10.6. The number of carboxylic acid groups (broad SMARTS) is 2. The standard InChI is InChI=1S/C18H31NO4.C4H6O6/c1-14(2)19-11-17(20)13-23-18-7-5-16(6-8-18)12-21-9-10-22-15(3)4;5-1(3(7)8)2(6)4(9)10/h5-8,14-15,17,19-20H,9-13H2,1-4H3;1-2,5-6H,(H,7,8)(H,9,10). The molecule has 6 N–H and O–H groups in total. The van der Waals surface area contributed by atoms with Crippen LogP contribution in [-0.2, 0) is 25.7 Å². The maximum Gasteiger partial charge on any atom is 0.335 e. The Morgan fingerprint density at radius 3 is 1.91 bits per heavy atom. The lowest BCUT2D eigenvalue weighted by atomic mass is 10.2. The zero-order valence-corrected chi connectivity index (χ0v) is 19.5. The van der Waals surface area contributed by atoms with Gasteiger partial charge in [-0.1, -0.05) is 26.0 Å². The third kappa shape index (κ3) is 16.1. The lowest BCUT2D eigenvalue weighted by Gasteiger charge is -2.15. The lowest BCUT2D eigenvalue weighted by Crippen LogP contribution is -2.39. The molecule has 0 bridgehead atoms. The summed E-state index contributed by atoms with van der Waals surface area (Å²) in [7, 11) is 0. The molecule has 0 aliphatic heterocycles. The van der Waals surface area contributed by atoms with Gasteiger partial charge < -0.3 is 45.1 Å². The molecule has 0 saturated carbocycles. The van der Waals surface area contributed by atoms with Gasteiger partial charge >= 0.3 is 11.9 Å². The minimum Gasteiger partial charge on any atom is -0.491 e. The molecule has 0 heterocycles. The summed E-state index contributed by atoms with van der Waals surface area (Å²) in [5, 5.41) is 45.5. The van der Waals surface area contributed by atoms with Crippen LogP contribution in [0.1, 0.15) is 33.3 Å². The molecule has 1 aromatic rings. The van der Waals surface area contributed by atoms with Gasteiger partial charge in [0.15, 0.2) is 12.2 Å². The summed E-state index contributed by atoms with van der Waals surface area (Å²) >= 11 is 0. The third-order valence-electron chi connectivity index (χ3n) is 3.88. The van der Waals surface area contributed by atoms with E-state index in [2.05, 4.69) is 5.32 Å². The van der Waals surface area contributed by atoms with Gasteiger partial charge in [-0.2, -0.15) is 0 Å². The van der Waals surface area contributed by atoms with E-state index in [9.17, 15) is 14.7 Å². The SMILES string of the molecule is CC(C)NCC(O)COc1ccc(COCCOC(C)C)cc1.O=C(O)C(O)C(O)C(=O)O. The average Bonchev–Trinajstić information content (AvgIpc) is 2.75. The maximum absolute atomic E-state index is 9.80. The summed E-state index contributed by atoms with van der Waals surface area (Å²) in [5.74, 6) is -2.79. The average molecular weight is 476 g/mol. The molecule has 0 amide bonds. The van der Waals surface area contributed by atoms with Gasteiger partial charge in [0.25, 0.3) is 0 Å². The molecule has 33 heavy (non-hydrogen) atoms. The molecule has 0 saturated heterocycles. The second-order valence-corrected chi connectivity index (χ2v) is 7.71. The van der Waals surface area contributed by atoms with Crippen molar-refractivity contribution >= 4 is 11.9 Å². The summed E-state index contributed by atoms with van der Waals surface area (Å²) in [6.45, 7) is 10.7. The summed E-state index contributed by atoms with van der Waals surface area (Å²) in [6.07, 6.45) is -4.81. The van der Waals surface area contributed by atoms with E-state index in [1.54, 1.807) is 0 Å². The quantitative estimate of drug-likeness (QED) is 0.192. The van der Waals surface area contributed by atoms with Crippen LogP contribution in [-0.4, -0.2) is 94.3 Å². The fourth-order valence-corrected chi connectivity index (χ4v) is 2.11. The Morgan fingerprint density at radius 2 is 1.45 bits per heavy atom. The van der Waals surface area contributed by atoms with Gasteiger partial charge in [-0.3, -0.25) is 0 Å². The Labute approximate surface area is 193 Å². The topological polar surface area (TPSA) is 175 Å². The molecule has 0 aromatic heterocycles. The molecule has 0 aliphatic rings. The largest absolute Gasteiger partial charge is 0.491 e. The molecule has 0 fully saturated rings. The van der Waals surface area contributed by atoms with E-state index in [0.29, 0.717) is 32.4 Å². The zero-order valence-electron chi connectivity index (χ0n) is 19.5. The predicted molar refractivity (Wildman–Crippen MR) is 119 cm³/mol. The van der Waals surface area contributed by atoms with Crippen LogP contribution >= 0.6 is 0 Å². The molecule has 11 heteroatoms. The monoisotopic (exact) mass is 475 g/mol. The molecule has 1 aromatic carbocycles. The van der Waals surface area contributed by atoms with Crippen LogP contribution in [0.2, 0.25) is 0 Å². The van der Waals surface area contributed by atoms with E-state index in [4.69, 9.17) is 34.6 Å². The van der Waals surface area contributed by atoms with Crippen LogP contribution < -0.4 is 10.1 Å². The Hall–Kier alpha value is -2.28. The van der Waals surface area contributed by atoms with Crippen molar-refractivity contribution in [3.63, 3.8) is 0 Å². The molecule has 1 rings (SSSR count). The van der Waals surface area contributed by atoms with E-state index in [0.717, 1.165) is 11.3 Å². The molecule has 0 aliphatic carbocycles. The van der Waals surface area contributed by atoms with Crippen LogP contribution in [0.4, 0.5) is 0 Å². The van der Waals surface area contributed by atoms with Crippen LogP contribution in [0.25, 0.3) is 0 Å². The number of aliphatic hydroxyl groups is 3. The number of hydrogen-bond donors (Lipinski definition) is 6. The Bertz CT molecular complexity index is 648. The number of carbonyl (C=O) groups is 2. The van der Waals surface area contributed by atoms with E-state index in [1.807, 2.05) is 52.0 Å². The smallest absolute Gasteiger partial charge is 0.335 e. The van der Waals surface area contributed by atoms with Gasteiger partial charge in [-0.05, 0) is 31.5 Å². The first-order valence-electron chi connectivity index (χ1n) is 10.6. The fourth-order valence-electron chi connectivity index (χ4n) is 2.11. The molecule has 3 unspecified atom stereocenters. The van der Waals surface area contributed by atoms with E-state index in [-0.39, 0.29) is 12.7 Å². The highest BCUT2D eigenvalue weighted by Crippen LogP contribution is 2.13. The van der Waals surface area contributed by atoms with Gasteiger partial charge in [-0.15, -0.1) is 0 Å². The number of hydrogen-bond acceptors (Lipinski definition) is 9. The summed E-state index contributed by atoms with van der Waals surface area (Å²) in [5.41, 5.74) is 1.09. The number of aliphatic hydroxyl groups excluding tert-OH is 3. The zero-order chi connectivity index (χ0) is 25.4. The minimum absolute atomic E-state index is 0.237. The van der Waals surface area contributed by atoms with Gasteiger partial charge in [0, 0.05) is 12.6 Å². The van der Waals surface area contributed by atoms with Crippen LogP contribution in [0.3, 0.4) is 0 Å². The van der Waals surface area contributed by atoms with Gasteiger partial charge in [0.05, 0.1) is 25.9 Å². The summed E-state index contributed by atoms with van der Waals surface area (Å²) < 4.78 is 16.5. The van der Waals surface area contributed by atoms with E-state index >= 15 is 0 Å². The summed E-state index contributed by atoms with van der Waals surface area (Å²) in [4.78, 5) is 19.5. The molecule has 11 nitrogen and oxygen atoms in total. The lowest BCUT2D eigenvalue weighted by molar-refractivity contribution is -0.165. The predicted octanol–water partition coefficient (Wildman–Crippen LogP) is 0.243. The van der Waals surface area contributed by atoms with Gasteiger partial charge in [-0.25, -0.2) is 9.59 Å². The molecule has 0 spiro atoms. The maximum atomic E-state index is 9.80. The number of nitrogens with one attached hydrogen (secondary N) is 1. The van der Waals surface area contributed by atoms with E-state index < -0.39 is 30.3 Å². The van der Waals surface area contributed by atoms with Crippen molar-refractivity contribution in [3.8, 4) is 5.75 Å². The Balaban J connectivity index is 0.000000861. The van der Waals surface area contributed by atoms with Crippen LogP contribution in [0.5, 0.6) is 5.75 Å². The van der Waals surface area contributed by atoms with Gasteiger partial charge in [0.2, 0.25) is 0 Å². The Kier molecular flexibility index (Phi) is 16.0. The summed E-state index contributed by atoms with van der Waals surface area (Å²) in [6, 6.07) is 8.09. The highest BCUT2D eigenvalue weighted by atomic mass is 16.5. The van der Waals surface area contributed by atoms with E-state index in [1.165, 1.54) is 0 Å². The molecular weight excluding hydrogens is 438 g/mol. The number of benzene rings is 1. The molecule has 3 atom stereocenters. The van der Waals surface area contributed by atoms with Crippen molar-refractivity contribution in [2.75, 3.05) is 26.4 Å². The number of rotatable bonds is 15. The number of carboxylic acids is 2. The molecule has 190 valence electrons. The van der Waals surface area contributed by atoms with Crippen LogP contribution in [0.15, 0.2) is 24.3 Å². The Morgan fingerprint density at radius 1 is 0.909 bits per heavy atom.